The molecule has 4 nitrogen and oxygen atoms in total. The molecule has 2 N–H and O–H groups in total. The average Bonchev–Trinajstić information content (AvgIpc) is 2.26. The highest BCUT2D eigenvalue weighted by Crippen LogP contribution is 2.30. The highest BCUT2D eigenvalue weighted by Gasteiger charge is 2.22. The summed E-state index contributed by atoms with van der Waals surface area (Å²) >= 11 is 0. The van der Waals surface area contributed by atoms with Gasteiger partial charge in [-0.15, -0.1) is 0 Å². The molecule has 19 heavy (non-hydrogen) atoms. The molecule has 0 aromatic heterocycles. The van der Waals surface area contributed by atoms with E-state index in [0.29, 0.717) is 0 Å². The van der Waals surface area contributed by atoms with Gasteiger partial charge in [-0.05, 0) is 12.3 Å². The van der Waals surface area contributed by atoms with E-state index < -0.39 is 35.2 Å². The van der Waals surface area contributed by atoms with Crippen molar-refractivity contribution in [1.29, 1.82) is 0 Å². The standard InChI is InChI=1S/C13H16F2O4/c1-7(4-12(17)18)3-11(16)13-9(14)5-8(19-2)6-10(13)15/h5-7,11,16H,3-4H2,1-2H3,(H,17,18). The Labute approximate surface area is 109 Å². The molecule has 1 aromatic carbocycles. The first kappa shape index (κ1) is 15.4. The third kappa shape index (κ3) is 4.17. The number of carboxylic acid groups (broad SMARTS) is 1. The minimum absolute atomic E-state index is 0.0181. The predicted octanol–water partition coefficient (Wildman–Crippen LogP) is 2.51. The van der Waals surface area contributed by atoms with E-state index in [2.05, 4.69) is 0 Å². The van der Waals surface area contributed by atoms with Crippen LogP contribution in [0.4, 0.5) is 8.78 Å². The van der Waals surface area contributed by atoms with E-state index in [4.69, 9.17) is 9.84 Å². The van der Waals surface area contributed by atoms with E-state index in [0.717, 1.165) is 12.1 Å². The Bertz CT molecular complexity index is 439. The zero-order valence-electron chi connectivity index (χ0n) is 10.7. The second kappa shape index (κ2) is 6.47. The topological polar surface area (TPSA) is 66.8 Å². The highest BCUT2D eigenvalue weighted by molar-refractivity contribution is 5.66. The van der Waals surface area contributed by atoms with Gasteiger partial charge < -0.3 is 14.9 Å². The van der Waals surface area contributed by atoms with E-state index in [-0.39, 0.29) is 18.6 Å². The van der Waals surface area contributed by atoms with Gasteiger partial charge in [-0.1, -0.05) is 6.92 Å². The van der Waals surface area contributed by atoms with Crippen LogP contribution in [0.3, 0.4) is 0 Å². The molecule has 6 heteroatoms. The molecule has 0 amide bonds. The molecule has 0 saturated carbocycles. The highest BCUT2D eigenvalue weighted by atomic mass is 19.1. The molecule has 0 spiro atoms. The van der Waals surface area contributed by atoms with E-state index in [1.807, 2.05) is 0 Å². The lowest BCUT2D eigenvalue weighted by Gasteiger charge is -2.17. The Morgan fingerprint density at radius 3 is 2.32 bits per heavy atom. The molecule has 0 bridgehead atoms. The van der Waals surface area contributed by atoms with Crippen molar-refractivity contribution in [3.05, 3.63) is 29.3 Å². The fourth-order valence-corrected chi connectivity index (χ4v) is 1.88. The number of methoxy groups -OCH3 is 1. The van der Waals surface area contributed by atoms with Crippen LogP contribution in [-0.4, -0.2) is 23.3 Å². The number of ether oxygens (including phenoxy) is 1. The van der Waals surface area contributed by atoms with Crippen LogP contribution in [-0.2, 0) is 4.79 Å². The quantitative estimate of drug-likeness (QED) is 0.836. The lowest BCUT2D eigenvalue weighted by atomic mass is 9.95. The average molecular weight is 274 g/mol. The summed E-state index contributed by atoms with van der Waals surface area (Å²) in [6.07, 6.45) is -1.59. The Morgan fingerprint density at radius 1 is 1.37 bits per heavy atom. The molecule has 0 saturated heterocycles. The predicted molar refractivity (Wildman–Crippen MR) is 63.9 cm³/mol. The minimum atomic E-state index is -1.39. The first-order valence-electron chi connectivity index (χ1n) is 5.78. The number of rotatable bonds is 6. The van der Waals surface area contributed by atoms with Crippen LogP contribution in [0, 0.1) is 17.6 Å². The van der Waals surface area contributed by atoms with Crippen molar-refractivity contribution >= 4 is 5.97 Å². The van der Waals surface area contributed by atoms with Crippen LogP contribution >= 0.6 is 0 Å². The summed E-state index contributed by atoms with van der Waals surface area (Å²) < 4.78 is 32.0. The lowest BCUT2D eigenvalue weighted by molar-refractivity contribution is -0.138. The Morgan fingerprint density at radius 2 is 1.89 bits per heavy atom. The summed E-state index contributed by atoms with van der Waals surface area (Å²) in [7, 11) is 1.28. The Balaban J connectivity index is 2.87. The molecule has 0 aliphatic carbocycles. The van der Waals surface area contributed by atoms with Crippen LogP contribution in [0.2, 0.25) is 0 Å². The molecule has 0 heterocycles. The molecule has 0 radical (unpaired) electrons. The van der Waals surface area contributed by atoms with Gasteiger partial charge in [0.25, 0.3) is 0 Å². The maximum Gasteiger partial charge on any atom is 0.303 e. The summed E-state index contributed by atoms with van der Waals surface area (Å²) in [5.74, 6) is -3.22. The van der Waals surface area contributed by atoms with Gasteiger partial charge in [0.15, 0.2) is 0 Å². The van der Waals surface area contributed by atoms with Crippen LogP contribution in [0.25, 0.3) is 0 Å². The van der Waals surface area contributed by atoms with Crippen molar-refractivity contribution in [3.63, 3.8) is 0 Å². The summed E-state index contributed by atoms with van der Waals surface area (Å²) in [5, 5.41) is 18.4. The summed E-state index contributed by atoms with van der Waals surface area (Å²) in [4.78, 5) is 10.5. The van der Waals surface area contributed by atoms with Crippen LogP contribution in [0.15, 0.2) is 12.1 Å². The van der Waals surface area contributed by atoms with Crippen LogP contribution < -0.4 is 4.74 Å². The molecule has 2 atom stereocenters. The lowest BCUT2D eigenvalue weighted by Crippen LogP contribution is -2.12. The normalized spacial score (nSPS) is 13.9. The van der Waals surface area contributed by atoms with E-state index in [9.17, 15) is 18.7 Å². The first-order valence-corrected chi connectivity index (χ1v) is 5.78. The van der Waals surface area contributed by atoms with Crippen LogP contribution in [0.5, 0.6) is 5.75 Å². The van der Waals surface area contributed by atoms with Gasteiger partial charge in [-0.3, -0.25) is 4.79 Å². The van der Waals surface area contributed by atoms with Gasteiger partial charge in [0.2, 0.25) is 0 Å². The fraction of sp³-hybridized carbons (Fsp3) is 0.462. The first-order chi connectivity index (χ1) is 8.85. The zero-order chi connectivity index (χ0) is 14.6. The maximum atomic E-state index is 13.7. The molecule has 0 fully saturated rings. The minimum Gasteiger partial charge on any atom is -0.497 e. The number of hydrogen-bond acceptors (Lipinski definition) is 3. The molecular weight excluding hydrogens is 258 g/mol. The number of halogens is 2. The number of benzene rings is 1. The second-order valence-corrected chi connectivity index (χ2v) is 4.46. The molecular formula is C13H16F2O4. The summed E-state index contributed by atoms with van der Waals surface area (Å²) in [6, 6.07) is 1.95. The monoisotopic (exact) mass is 274 g/mol. The third-order valence-corrected chi connectivity index (χ3v) is 2.77. The van der Waals surface area contributed by atoms with Crippen molar-refractivity contribution in [1.82, 2.24) is 0 Å². The van der Waals surface area contributed by atoms with E-state index >= 15 is 0 Å². The Kier molecular flexibility index (Phi) is 5.23. The molecule has 1 aromatic rings. The van der Waals surface area contributed by atoms with Crippen molar-refractivity contribution in [2.75, 3.05) is 7.11 Å². The number of carbonyl (C=O) groups is 1. The number of carboxylic acids is 1. The SMILES string of the molecule is COc1cc(F)c(C(O)CC(C)CC(=O)O)c(F)c1. The molecule has 2 unspecified atom stereocenters. The second-order valence-electron chi connectivity index (χ2n) is 4.46. The largest absolute Gasteiger partial charge is 0.497 e. The van der Waals surface area contributed by atoms with Gasteiger partial charge in [-0.2, -0.15) is 0 Å². The summed E-state index contributed by atoms with van der Waals surface area (Å²) in [6.45, 7) is 1.59. The number of hydrogen-bond donors (Lipinski definition) is 2. The van der Waals surface area contributed by atoms with Gasteiger partial charge in [0.05, 0.1) is 18.8 Å². The summed E-state index contributed by atoms with van der Waals surface area (Å²) in [5.41, 5.74) is -0.460. The van der Waals surface area contributed by atoms with Gasteiger partial charge in [-0.25, -0.2) is 8.78 Å². The molecule has 1 rings (SSSR count). The van der Waals surface area contributed by atoms with E-state index in [1.54, 1.807) is 6.92 Å². The Hall–Kier alpha value is -1.69. The van der Waals surface area contributed by atoms with Gasteiger partial charge in [0, 0.05) is 18.6 Å². The molecule has 0 aliphatic rings. The van der Waals surface area contributed by atoms with Crippen molar-refractivity contribution in [3.8, 4) is 5.75 Å². The van der Waals surface area contributed by atoms with E-state index in [1.165, 1.54) is 7.11 Å². The molecule has 0 aliphatic heterocycles. The zero-order valence-corrected chi connectivity index (χ0v) is 10.7. The number of aliphatic hydroxyl groups is 1. The molecule has 106 valence electrons. The maximum absolute atomic E-state index is 13.7. The fourth-order valence-electron chi connectivity index (χ4n) is 1.88. The van der Waals surface area contributed by atoms with Crippen LogP contribution in [0.1, 0.15) is 31.4 Å². The smallest absolute Gasteiger partial charge is 0.303 e. The number of aliphatic hydroxyl groups excluding tert-OH is 1. The third-order valence-electron chi connectivity index (χ3n) is 2.77. The van der Waals surface area contributed by atoms with Crippen molar-refractivity contribution in [2.45, 2.75) is 25.9 Å². The van der Waals surface area contributed by atoms with Gasteiger partial charge in [0.1, 0.15) is 17.4 Å². The van der Waals surface area contributed by atoms with Crippen molar-refractivity contribution in [2.24, 2.45) is 5.92 Å². The number of aliphatic carboxylic acids is 1. The van der Waals surface area contributed by atoms with Gasteiger partial charge >= 0.3 is 5.97 Å². The van der Waals surface area contributed by atoms with Crippen molar-refractivity contribution < 1.29 is 28.5 Å².